The number of carbonyl (C=O) groups is 1. The van der Waals surface area contributed by atoms with Gasteiger partial charge in [-0.05, 0) is 42.8 Å². The van der Waals surface area contributed by atoms with Crippen LogP contribution < -0.4 is 10.7 Å². The normalized spacial score (nSPS) is 15.0. The topological polar surface area (TPSA) is 71.8 Å². The quantitative estimate of drug-likeness (QED) is 0.658. The van der Waals surface area contributed by atoms with Crippen molar-refractivity contribution in [3.8, 4) is 0 Å². The molecule has 1 amide bonds. The summed E-state index contributed by atoms with van der Waals surface area (Å²) in [4.78, 5) is 27.2. The molecule has 6 nitrogen and oxygen atoms in total. The van der Waals surface area contributed by atoms with Gasteiger partial charge in [0.05, 0.1) is 24.2 Å². The SMILES string of the molecule is Cc1ccc2occ(/C=C/C(=O)Nc3ccc(CN4CCOCC4)cc3)c(=O)c2c1. The van der Waals surface area contributed by atoms with Crippen LogP contribution in [0.4, 0.5) is 5.69 Å². The van der Waals surface area contributed by atoms with Gasteiger partial charge in [-0.15, -0.1) is 0 Å². The number of hydrogen-bond acceptors (Lipinski definition) is 5. The van der Waals surface area contributed by atoms with Gasteiger partial charge >= 0.3 is 0 Å². The van der Waals surface area contributed by atoms with Crippen LogP contribution in [0.2, 0.25) is 0 Å². The molecule has 1 N–H and O–H groups in total. The Hall–Kier alpha value is -3.22. The first-order chi connectivity index (χ1) is 14.6. The van der Waals surface area contributed by atoms with Crippen LogP contribution in [0.15, 0.2) is 64.0 Å². The summed E-state index contributed by atoms with van der Waals surface area (Å²) in [6, 6.07) is 13.2. The number of nitrogens with zero attached hydrogens (tertiary/aromatic N) is 1. The van der Waals surface area contributed by atoms with Gasteiger partial charge in [0.25, 0.3) is 0 Å². The summed E-state index contributed by atoms with van der Waals surface area (Å²) in [6.45, 7) is 6.21. The monoisotopic (exact) mass is 404 g/mol. The average Bonchev–Trinajstić information content (AvgIpc) is 2.76. The van der Waals surface area contributed by atoms with E-state index in [-0.39, 0.29) is 11.3 Å². The molecule has 0 bridgehead atoms. The van der Waals surface area contributed by atoms with E-state index in [4.69, 9.17) is 9.15 Å². The van der Waals surface area contributed by atoms with Crippen molar-refractivity contribution in [3.63, 3.8) is 0 Å². The largest absolute Gasteiger partial charge is 0.463 e. The molecule has 1 aliphatic rings. The fraction of sp³-hybridized carbons (Fsp3) is 0.250. The Morgan fingerprint density at radius 3 is 2.67 bits per heavy atom. The number of aryl methyl sites for hydroxylation is 1. The Morgan fingerprint density at radius 1 is 1.13 bits per heavy atom. The van der Waals surface area contributed by atoms with Crippen molar-refractivity contribution in [2.45, 2.75) is 13.5 Å². The van der Waals surface area contributed by atoms with Gasteiger partial charge in [-0.3, -0.25) is 14.5 Å². The highest BCUT2D eigenvalue weighted by Gasteiger charge is 2.10. The second-order valence-electron chi connectivity index (χ2n) is 7.43. The molecule has 2 aromatic carbocycles. The van der Waals surface area contributed by atoms with Crippen molar-refractivity contribution in [2.75, 3.05) is 31.6 Å². The van der Waals surface area contributed by atoms with E-state index in [0.29, 0.717) is 22.2 Å². The number of carbonyl (C=O) groups excluding carboxylic acids is 1. The molecule has 0 radical (unpaired) electrons. The molecule has 1 aromatic heterocycles. The first-order valence-electron chi connectivity index (χ1n) is 9.99. The van der Waals surface area contributed by atoms with Gasteiger partial charge in [0, 0.05) is 31.4 Å². The van der Waals surface area contributed by atoms with E-state index in [9.17, 15) is 9.59 Å². The molecule has 1 fully saturated rings. The lowest BCUT2D eigenvalue weighted by atomic mass is 10.1. The van der Waals surface area contributed by atoms with Crippen molar-refractivity contribution in [2.24, 2.45) is 0 Å². The number of benzene rings is 2. The minimum atomic E-state index is -0.306. The molecule has 3 aromatic rings. The summed E-state index contributed by atoms with van der Waals surface area (Å²) < 4.78 is 10.9. The van der Waals surface area contributed by atoms with E-state index in [1.165, 1.54) is 24.0 Å². The third-order valence-corrected chi connectivity index (χ3v) is 5.10. The zero-order valence-corrected chi connectivity index (χ0v) is 16.9. The van der Waals surface area contributed by atoms with E-state index in [1.54, 1.807) is 12.1 Å². The average molecular weight is 404 g/mol. The number of nitrogens with one attached hydrogen (secondary N) is 1. The molecule has 2 heterocycles. The zero-order valence-electron chi connectivity index (χ0n) is 16.9. The van der Waals surface area contributed by atoms with Gasteiger partial charge in [0.2, 0.25) is 5.91 Å². The summed E-state index contributed by atoms with van der Waals surface area (Å²) in [6.07, 6.45) is 4.20. The van der Waals surface area contributed by atoms with Crippen LogP contribution in [0, 0.1) is 6.92 Å². The molecule has 0 atom stereocenters. The van der Waals surface area contributed by atoms with Crippen molar-refractivity contribution in [1.29, 1.82) is 0 Å². The Bertz CT molecular complexity index is 1130. The van der Waals surface area contributed by atoms with Crippen LogP contribution in [-0.2, 0) is 16.1 Å². The van der Waals surface area contributed by atoms with Crippen LogP contribution in [-0.4, -0.2) is 37.1 Å². The van der Waals surface area contributed by atoms with Gasteiger partial charge in [-0.2, -0.15) is 0 Å². The van der Waals surface area contributed by atoms with Gasteiger partial charge in [-0.25, -0.2) is 0 Å². The predicted octanol–water partition coefficient (Wildman–Crippen LogP) is 3.59. The summed E-state index contributed by atoms with van der Waals surface area (Å²) in [5.74, 6) is -0.306. The van der Waals surface area contributed by atoms with Crippen molar-refractivity contribution in [3.05, 3.63) is 81.7 Å². The van der Waals surface area contributed by atoms with E-state index in [0.717, 1.165) is 38.4 Å². The van der Waals surface area contributed by atoms with E-state index >= 15 is 0 Å². The molecule has 0 unspecified atom stereocenters. The van der Waals surface area contributed by atoms with Crippen LogP contribution in [0.3, 0.4) is 0 Å². The van der Waals surface area contributed by atoms with Gasteiger partial charge in [0.15, 0.2) is 5.43 Å². The Morgan fingerprint density at radius 2 is 1.90 bits per heavy atom. The van der Waals surface area contributed by atoms with Crippen LogP contribution in [0.25, 0.3) is 17.0 Å². The number of anilines is 1. The van der Waals surface area contributed by atoms with E-state index in [2.05, 4.69) is 10.2 Å². The molecule has 0 saturated carbocycles. The Labute approximate surface area is 174 Å². The number of ether oxygens (including phenoxy) is 1. The van der Waals surface area contributed by atoms with Gasteiger partial charge < -0.3 is 14.5 Å². The first-order valence-corrected chi connectivity index (χ1v) is 9.99. The molecule has 30 heavy (non-hydrogen) atoms. The second kappa shape index (κ2) is 9.07. The number of hydrogen-bond donors (Lipinski definition) is 1. The maximum Gasteiger partial charge on any atom is 0.248 e. The Balaban J connectivity index is 1.39. The maximum atomic E-state index is 12.6. The first kappa shape index (κ1) is 20.1. The molecular formula is C24H24N2O4. The third kappa shape index (κ3) is 4.84. The minimum Gasteiger partial charge on any atom is -0.463 e. The molecule has 6 heteroatoms. The lowest BCUT2D eigenvalue weighted by Gasteiger charge is -2.26. The van der Waals surface area contributed by atoms with Crippen LogP contribution in [0.5, 0.6) is 0 Å². The number of amides is 1. The molecule has 1 aliphatic heterocycles. The lowest BCUT2D eigenvalue weighted by molar-refractivity contribution is -0.111. The summed E-state index contributed by atoms with van der Waals surface area (Å²) >= 11 is 0. The third-order valence-electron chi connectivity index (χ3n) is 5.10. The van der Waals surface area contributed by atoms with Gasteiger partial charge in [-0.1, -0.05) is 23.8 Å². The highest BCUT2D eigenvalue weighted by atomic mass is 16.5. The molecule has 0 spiro atoms. The van der Waals surface area contributed by atoms with Crippen molar-refractivity contribution < 1.29 is 13.9 Å². The number of fused-ring (bicyclic) bond motifs is 1. The smallest absolute Gasteiger partial charge is 0.248 e. The Kier molecular flexibility index (Phi) is 6.07. The number of morpholine rings is 1. The second-order valence-corrected chi connectivity index (χ2v) is 7.43. The van der Waals surface area contributed by atoms with Crippen molar-refractivity contribution >= 4 is 28.6 Å². The van der Waals surface area contributed by atoms with Crippen LogP contribution in [0.1, 0.15) is 16.7 Å². The highest BCUT2D eigenvalue weighted by molar-refractivity contribution is 6.02. The summed E-state index contributed by atoms with van der Waals surface area (Å²) in [5.41, 5.74) is 3.58. The molecular weight excluding hydrogens is 380 g/mol. The molecule has 1 saturated heterocycles. The zero-order chi connectivity index (χ0) is 20.9. The van der Waals surface area contributed by atoms with Crippen LogP contribution >= 0.6 is 0 Å². The van der Waals surface area contributed by atoms with E-state index in [1.807, 2.05) is 37.3 Å². The highest BCUT2D eigenvalue weighted by Crippen LogP contribution is 2.15. The van der Waals surface area contributed by atoms with Gasteiger partial charge in [0.1, 0.15) is 11.8 Å². The summed E-state index contributed by atoms with van der Waals surface area (Å²) in [5, 5.41) is 3.32. The standard InChI is InChI=1S/C24H24N2O4/c1-17-2-8-22-21(14-17)24(28)19(16-30-22)5-9-23(27)25-20-6-3-18(4-7-20)15-26-10-12-29-13-11-26/h2-9,14,16H,10-13,15H2,1H3,(H,25,27)/b9-5+. The fourth-order valence-electron chi connectivity index (χ4n) is 3.44. The molecule has 154 valence electrons. The van der Waals surface area contributed by atoms with E-state index < -0.39 is 0 Å². The summed E-state index contributed by atoms with van der Waals surface area (Å²) in [7, 11) is 0. The minimum absolute atomic E-state index is 0.156. The number of rotatable bonds is 5. The lowest BCUT2D eigenvalue weighted by Crippen LogP contribution is -2.35. The molecule has 4 rings (SSSR count). The van der Waals surface area contributed by atoms with Crippen molar-refractivity contribution in [1.82, 2.24) is 4.90 Å². The fourth-order valence-corrected chi connectivity index (χ4v) is 3.44. The predicted molar refractivity (Wildman–Crippen MR) is 117 cm³/mol. The molecule has 0 aliphatic carbocycles. The maximum absolute atomic E-state index is 12.6.